The van der Waals surface area contributed by atoms with Gasteiger partial charge in [0.2, 0.25) is 6.79 Å². The SMILES string of the molecule is O=C(NC1CCCCC1O)c1cc(Cl)c2c(c1)OCO2. The van der Waals surface area contributed by atoms with Crippen LogP contribution < -0.4 is 14.8 Å². The number of halogens is 1. The maximum absolute atomic E-state index is 12.2. The Kier molecular flexibility index (Phi) is 3.72. The van der Waals surface area contributed by atoms with Crippen molar-refractivity contribution in [1.82, 2.24) is 5.32 Å². The number of carbonyl (C=O) groups excluding carboxylic acids is 1. The summed E-state index contributed by atoms with van der Waals surface area (Å²) in [6, 6.07) is 2.97. The number of aliphatic hydroxyl groups excluding tert-OH is 1. The summed E-state index contributed by atoms with van der Waals surface area (Å²) in [5.74, 6) is 0.698. The van der Waals surface area contributed by atoms with Crippen molar-refractivity contribution in [1.29, 1.82) is 0 Å². The molecule has 0 radical (unpaired) electrons. The summed E-state index contributed by atoms with van der Waals surface area (Å²) in [6.07, 6.45) is 3.07. The minimum Gasteiger partial charge on any atom is -0.454 e. The number of hydrogen-bond donors (Lipinski definition) is 2. The fraction of sp³-hybridized carbons (Fsp3) is 0.500. The summed E-state index contributed by atoms with van der Waals surface area (Å²) >= 11 is 6.06. The number of hydrogen-bond acceptors (Lipinski definition) is 4. The van der Waals surface area contributed by atoms with Crippen LogP contribution in [-0.2, 0) is 0 Å². The minimum absolute atomic E-state index is 0.113. The molecule has 3 rings (SSSR count). The van der Waals surface area contributed by atoms with E-state index in [2.05, 4.69) is 5.32 Å². The van der Waals surface area contributed by atoms with Crippen LogP contribution in [0.4, 0.5) is 0 Å². The van der Waals surface area contributed by atoms with Gasteiger partial charge in [-0.2, -0.15) is 0 Å². The maximum atomic E-state index is 12.2. The molecule has 2 unspecified atom stereocenters. The second-order valence-electron chi connectivity index (χ2n) is 5.12. The smallest absolute Gasteiger partial charge is 0.251 e. The normalized spacial score (nSPS) is 24.5. The van der Waals surface area contributed by atoms with Crippen molar-refractivity contribution in [2.45, 2.75) is 37.8 Å². The average Bonchev–Trinajstić information content (AvgIpc) is 2.90. The summed E-state index contributed by atoms with van der Waals surface area (Å²) in [6.45, 7) is 0.113. The number of amides is 1. The van der Waals surface area contributed by atoms with E-state index in [-0.39, 0.29) is 18.7 Å². The highest BCUT2D eigenvalue weighted by Crippen LogP contribution is 2.39. The fourth-order valence-electron chi connectivity index (χ4n) is 2.63. The number of nitrogens with one attached hydrogen (secondary N) is 1. The predicted octanol–water partition coefficient (Wildman–Crippen LogP) is 2.10. The van der Waals surface area contributed by atoms with Crippen LogP contribution in [0.3, 0.4) is 0 Å². The molecule has 0 spiro atoms. The monoisotopic (exact) mass is 297 g/mol. The highest BCUT2D eigenvalue weighted by molar-refractivity contribution is 6.32. The topological polar surface area (TPSA) is 67.8 Å². The van der Waals surface area contributed by atoms with Gasteiger partial charge < -0.3 is 19.9 Å². The molecular weight excluding hydrogens is 282 g/mol. The van der Waals surface area contributed by atoms with Crippen molar-refractivity contribution in [2.75, 3.05) is 6.79 Å². The van der Waals surface area contributed by atoms with Gasteiger partial charge in [0.25, 0.3) is 5.91 Å². The molecule has 0 aromatic heterocycles. The van der Waals surface area contributed by atoms with Gasteiger partial charge in [0.15, 0.2) is 11.5 Å². The summed E-state index contributed by atoms with van der Waals surface area (Å²) in [5.41, 5.74) is 0.414. The lowest BCUT2D eigenvalue weighted by Crippen LogP contribution is -2.45. The third-order valence-electron chi connectivity index (χ3n) is 3.74. The van der Waals surface area contributed by atoms with E-state index >= 15 is 0 Å². The summed E-state index contributed by atoms with van der Waals surface area (Å²) < 4.78 is 10.5. The molecule has 1 aliphatic heterocycles. The van der Waals surface area contributed by atoms with E-state index in [1.54, 1.807) is 12.1 Å². The Morgan fingerprint density at radius 3 is 2.90 bits per heavy atom. The zero-order chi connectivity index (χ0) is 14.1. The van der Waals surface area contributed by atoms with Crippen molar-refractivity contribution in [2.24, 2.45) is 0 Å². The van der Waals surface area contributed by atoms with E-state index < -0.39 is 6.10 Å². The second-order valence-corrected chi connectivity index (χ2v) is 5.53. The van der Waals surface area contributed by atoms with Gasteiger partial charge in [0.1, 0.15) is 0 Å². The Labute approximate surface area is 121 Å². The van der Waals surface area contributed by atoms with E-state index in [1.165, 1.54) is 0 Å². The lowest BCUT2D eigenvalue weighted by molar-refractivity contribution is 0.0717. The predicted molar refractivity (Wildman–Crippen MR) is 73.3 cm³/mol. The Morgan fingerprint density at radius 2 is 2.10 bits per heavy atom. The van der Waals surface area contributed by atoms with Crippen molar-refractivity contribution in [3.63, 3.8) is 0 Å². The van der Waals surface area contributed by atoms with Gasteiger partial charge in [-0.3, -0.25) is 4.79 Å². The van der Waals surface area contributed by atoms with Crippen LogP contribution >= 0.6 is 11.6 Å². The third kappa shape index (κ3) is 2.55. The molecule has 1 heterocycles. The van der Waals surface area contributed by atoms with Gasteiger partial charge in [-0.15, -0.1) is 0 Å². The zero-order valence-electron chi connectivity index (χ0n) is 10.9. The molecular formula is C14H16ClNO4. The lowest BCUT2D eigenvalue weighted by atomic mass is 9.92. The number of fused-ring (bicyclic) bond motifs is 1. The number of carbonyl (C=O) groups is 1. The molecule has 1 aromatic carbocycles. The van der Waals surface area contributed by atoms with E-state index in [0.29, 0.717) is 22.1 Å². The summed E-state index contributed by atoms with van der Waals surface area (Å²) in [5, 5.41) is 13.1. The molecule has 5 nitrogen and oxygen atoms in total. The van der Waals surface area contributed by atoms with Gasteiger partial charge in [-0.05, 0) is 25.0 Å². The molecule has 2 N–H and O–H groups in total. The quantitative estimate of drug-likeness (QED) is 0.877. The molecule has 1 fully saturated rings. The second kappa shape index (κ2) is 5.50. The highest BCUT2D eigenvalue weighted by atomic mass is 35.5. The Hall–Kier alpha value is -1.46. The van der Waals surface area contributed by atoms with Crippen LogP contribution in [0.5, 0.6) is 11.5 Å². The van der Waals surface area contributed by atoms with Gasteiger partial charge in [-0.1, -0.05) is 24.4 Å². The summed E-state index contributed by atoms with van der Waals surface area (Å²) in [7, 11) is 0. The van der Waals surface area contributed by atoms with Gasteiger partial charge in [0.05, 0.1) is 17.2 Å². The Balaban J connectivity index is 1.75. The van der Waals surface area contributed by atoms with Gasteiger partial charge in [-0.25, -0.2) is 0 Å². The molecule has 0 bridgehead atoms. The summed E-state index contributed by atoms with van der Waals surface area (Å²) in [4.78, 5) is 12.2. The van der Waals surface area contributed by atoms with Crippen LogP contribution in [0.1, 0.15) is 36.0 Å². The fourth-order valence-corrected chi connectivity index (χ4v) is 2.90. The van der Waals surface area contributed by atoms with Crippen LogP contribution in [0.2, 0.25) is 5.02 Å². The van der Waals surface area contributed by atoms with Crippen LogP contribution in [0.15, 0.2) is 12.1 Å². The molecule has 1 aromatic rings. The molecule has 2 aliphatic rings. The molecule has 6 heteroatoms. The number of aliphatic hydroxyl groups is 1. The van der Waals surface area contributed by atoms with Crippen molar-refractivity contribution in [3.05, 3.63) is 22.7 Å². The lowest BCUT2D eigenvalue weighted by Gasteiger charge is -2.28. The van der Waals surface area contributed by atoms with Crippen LogP contribution in [0.25, 0.3) is 0 Å². The standard InChI is InChI=1S/C14H16ClNO4/c15-9-5-8(6-12-13(9)20-7-19-12)14(18)16-10-3-1-2-4-11(10)17/h5-6,10-11,17H,1-4,7H2,(H,16,18). The molecule has 20 heavy (non-hydrogen) atoms. The minimum atomic E-state index is -0.475. The first kappa shape index (κ1) is 13.5. The van der Waals surface area contributed by atoms with E-state index in [9.17, 15) is 9.90 Å². The maximum Gasteiger partial charge on any atom is 0.251 e. The zero-order valence-corrected chi connectivity index (χ0v) is 11.7. The number of rotatable bonds is 2. The Morgan fingerprint density at radius 1 is 1.30 bits per heavy atom. The van der Waals surface area contributed by atoms with Gasteiger partial charge >= 0.3 is 0 Å². The van der Waals surface area contributed by atoms with Crippen molar-refractivity contribution >= 4 is 17.5 Å². The number of benzene rings is 1. The highest BCUT2D eigenvalue weighted by Gasteiger charge is 2.26. The molecule has 1 aliphatic carbocycles. The number of ether oxygens (including phenoxy) is 2. The molecule has 108 valence electrons. The third-order valence-corrected chi connectivity index (χ3v) is 4.02. The largest absolute Gasteiger partial charge is 0.454 e. The molecule has 1 saturated carbocycles. The first-order valence-electron chi connectivity index (χ1n) is 6.73. The van der Waals surface area contributed by atoms with E-state index in [0.717, 1.165) is 25.7 Å². The molecule has 0 saturated heterocycles. The van der Waals surface area contributed by atoms with Crippen LogP contribution in [0, 0.1) is 0 Å². The first-order chi connectivity index (χ1) is 9.65. The average molecular weight is 298 g/mol. The Bertz CT molecular complexity index is 534. The molecule has 1 amide bonds. The molecule has 2 atom stereocenters. The van der Waals surface area contributed by atoms with E-state index in [1.807, 2.05) is 0 Å². The van der Waals surface area contributed by atoms with Crippen molar-refractivity contribution in [3.8, 4) is 11.5 Å². The van der Waals surface area contributed by atoms with Crippen molar-refractivity contribution < 1.29 is 19.4 Å². The van der Waals surface area contributed by atoms with E-state index in [4.69, 9.17) is 21.1 Å². The van der Waals surface area contributed by atoms with Gasteiger partial charge in [0, 0.05) is 5.56 Å². The first-order valence-corrected chi connectivity index (χ1v) is 7.11. The van der Waals surface area contributed by atoms with Crippen LogP contribution in [-0.4, -0.2) is 30.0 Å².